The second kappa shape index (κ2) is 9.49. The third-order valence-corrected chi connectivity index (χ3v) is 5.25. The lowest BCUT2D eigenvalue weighted by Crippen LogP contribution is -2.43. The fourth-order valence-electron chi connectivity index (χ4n) is 3.66. The fourth-order valence-corrected chi connectivity index (χ4v) is 3.66. The number of nitrogens with one attached hydrogen (secondary N) is 1. The molecule has 1 saturated heterocycles. The summed E-state index contributed by atoms with van der Waals surface area (Å²) in [6.07, 6.45) is 3.69. The number of carbonyl (C=O) groups is 1. The van der Waals surface area contributed by atoms with Gasteiger partial charge in [0, 0.05) is 37.6 Å². The third-order valence-electron chi connectivity index (χ3n) is 5.25. The summed E-state index contributed by atoms with van der Waals surface area (Å²) < 4.78 is 7.36. The SMILES string of the molecule is O=C(NCC(c1ccccc1)N1CCOCC1)c1ccc(Cn2cccn2)cc1. The number of hydrogen-bond acceptors (Lipinski definition) is 4. The van der Waals surface area contributed by atoms with E-state index in [1.54, 1.807) is 6.20 Å². The molecule has 6 heteroatoms. The highest BCUT2D eigenvalue weighted by atomic mass is 16.5. The lowest BCUT2D eigenvalue weighted by Gasteiger charge is -2.35. The van der Waals surface area contributed by atoms with Crippen LogP contribution in [0, 0.1) is 0 Å². The Balaban J connectivity index is 1.39. The molecule has 1 unspecified atom stereocenters. The van der Waals surface area contributed by atoms with Gasteiger partial charge in [-0.2, -0.15) is 5.10 Å². The minimum absolute atomic E-state index is 0.0511. The number of hydrogen-bond donors (Lipinski definition) is 1. The lowest BCUT2D eigenvalue weighted by atomic mass is 10.0. The minimum Gasteiger partial charge on any atom is -0.379 e. The van der Waals surface area contributed by atoms with E-state index in [1.165, 1.54) is 5.56 Å². The molecule has 0 saturated carbocycles. The van der Waals surface area contributed by atoms with Gasteiger partial charge in [-0.15, -0.1) is 0 Å². The summed E-state index contributed by atoms with van der Waals surface area (Å²) in [7, 11) is 0. The van der Waals surface area contributed by atoms with E-state index in [1.807, 2.05) is 59.4 Å². The van der Waals surface area contributed by atoms with Gasteiger partial charge in [0.05, 0.1) is 25.8 Å². The molecule has 1 amide bonds. The van der Waals surface area contributed by atoms with Crippen molar-refractivity contribution in [1.29, 1.82) is 0 Å². The first kappa shape index (κ1) is 19.4. The van der Waals surface area contributed by atoms with Crippen molar-refractivity contribution in [3.8, 4) is 0 Å². The fraction of sp³-hybridized carbons (Fsp3) is 0.304. The zero-order chi connectivity index (χ0) is 19.9. The van der Waals surface area contributed by atoms with Crippen LogP contribution in [0.15, 0.2) is 73.1 Å². The average Bonchev–Trinajstić information content (AvgIpc) is 3.29. The molecule has 0 bridgehead atoms. The molecule has 0 radical (unpaired) electrons. The predicted octanol–water partition coefficient (Wildman–Crippen LogP) is 2.73. The Morgan fingerprint density at radius 2 is 1.79 bits per heavy atom. The van der Waals surface area contributed by atoms with E-state index < -0.39 is 0 Å². The van der Waals surface area contributed by atoms with Crippen LogP contribution in [0.1, 0.15) is 27.5 Å². The normalized spacial score (nSPS) is 15.7. The third kappa shape index (κ3) is 5.10. The van der Waals surface area contributed by atoms with Crippen LogP contribution in [-0.2, 0) is 11.3 Å². The monoisotopic (exact) mass is 390 g/mol. The van der Waals surface area contributed by atoms with E-state index in [0.29, 0.717) is 18.7 Å². The molecule has 2 heterocycles. The van der Waals surface area contributed by atoms with Gasteiger partial charge >= 0.3 is 0 Å². The Morgan fingerprint density at radius 3 is 2.48 bits per heavy atom. The van der Waals surface area contributed by atoms with Crippen LogP contribution in [0.5, 0.6) is 0 Å². The van der Waals surface area contributed by atoms with Crippen molar-refractivity contribution >= 4 is 5.91 Å². The molecule has 1 aromatic heterocycles. The quantitative estimate of drug-likeness (QED) is 0.674. The highest BCUT2D eigenvalue weighted by Gasteiger charge is 2.23. The van der Waals surface area contributed by atoms with Gasteiger partial charge in [-0.05, 0) is 29.3 Å². The molecule has 29 heavy (non-hydrogen) atoms. The molecule has 1 fully saturated rings. The number of benzene rings is 2. The van der Waals surface area contributed by atoms with Gasteiger partial charge in [-0.3, -0.25) is 14.4 Å². The zero-order valence-corrected chi connectivity index (χ0v) is 16.4. The predicted molar refractivity (Wildman–Crippen MR) is 112 cm³/mol. The van der Waals surface area contributed by atoms with Gasteiger partial charge in [0.15, 0.2) is 0 Å². The van der Waals surface area contributed by atoms with Gasteiger partial charge in [0.25, 0.3) is 5.91 Å². The van der Waals surface area contributed by atoms with Gasteiger partial charge in [0.1, 0.15) is 0 Å². The van der Waals surface area contributed by atoms with Crippen LogP contribution >= 0.6 is 0 Å². The Hall–Kier alpha value is -2.96. The summed E-state index contributed by atoms with van der Waals surface area (Å²) >= 11 is 0. The molecule has 1 atom stereocenters. The molecule has 2 aromatic carbocycles. The molecule has 1 aliphatic rings. The van der Waals surface area contributed by atoms with Crippen molar-refractivity contribution in [3.63, 3.8) is 0 Å². The summed E-state index contributed by atoms with van der Waals surface area (Å²) in [5.41, 5.74) is 2.99. The maximum Gasteiger partial charge on any atom is 0.251 e. The van der Waals surface area contributed by atoms with E-state index in [0.717, 1.165) is 31.9 Å². The van der Waals surface area contributed by atoms with Crippen LogP contribution in [-0.4, -0.2) is 53.4 Å². The molecule has 1 N–H and O–H groups in total. The van der Waals surface area contributed by atoms with E-state index in [4.69, 9.17) is 4.74 Å². The van der Waals surface area contributed by atoms with Crippen molar-refractivity contribution in [2.45, 2.75) is 12.6 Å². The van der Waals surface area contributed by atoms with Gasteiger partial charge in [0.2, 0.25) is 0 Å². The number of amides is 1. The lowest BCUT2D eigenvalue weighted by molar-refractivity contribution is 0.0162. The first-order chi connectivity index (χ1) is 14.3. The van der Waals surface area contributed by atoms with Crippen molar-refractivity contribution in [3.05, 3.63) is 89.7 Å². The molecule has 1 aliphatic heterocycles. The van der Waals surface area contributed by atoms with E-state index in [9.17, 15) is 4.79 Å². The number of nitrogens with zero attached hydrogens (tertiary/aromatic N) is 3. The number of carbonyl (C=O) groups excluding carboxylic acids is 1. The van der Waals surface area contributed by atoms with Crippen molar-refractivity contribution < 1.29 is 9.53 Å². The molecule has 4 rings (SSSR count). The van der Waals surface area contributed by atoms with Crippen molar-refractivity contribution in [2.24, 2.45) is 0 Å². The minimum atomic E-state index is -0.0511. The summed E-state index contributed by atoms with van der Waals surface area (Å²) in [4.78, 5) is 15.1. The highest BCUT2D eigenvalue weighted by molar-refractivity contribution is 5.94. The number of morpholine rings is 1. The second-order valence-corrected chi connectivity index (χ2v) is 7.19. The summed E-state index contributed by atoms with van der Waals surface area (Å²) in [5.74, 6) is -0.0511. The number of aromatic nitrogens is 2. The number of rotatable bonds is 7. The summed E-state index contributed by atoms with van der Waals surface area (Å²) in [5, 5.41) is 7.34. The van der Waals surface area contributed by atoms with Crippen LogP contribution in [0.2, 0.25) is 0 Å². The Labute approximate surface area is 171 Å². The standard InChI is InChI=1S/C23H26N4O2/c28-23(21-9-7-19(8-10-21)18-27-12-4-11-25-27)24-17-22(20-5-2-1-3-6-20)26-13-15-29-16-14-26/h1-12,22H,13-18H2,(H,24,28). The second-order valence-electron chi connectivity index (χ2n) is 7.19. The first-order valence-corrected chi connectivity index (χ1v) is 10.0. The van der Waals surface area contributed by atoms with Gasteiger partial charge in [-0.1, -0.05) is 42.5 Å². The topological polar surface area (TPSA) is 59.4 Å². The van der Waals surface area contributed by atoms with Crippen LogP contribution in [0.4, 0.5) is 0 Å². The van der Waals surface area contributed by atoms with E-state index in [2.05, 4.69) is 27.4 Å². The summed E-state index contributed by atoms with van der Waals surface area (Å²) in [6.45, 7) is 4.47. The molecule has 150 valence electrons. The van der Waals surface area contributed by atoms with Crippen LogP contribution in [0.3, 0.4) is 0 Å². The Morgan fingerprint density at radius 1 is 1.03 bits per heavy atom. The van der Waals surface area contributed by atoms with Gasteiger partial charge in [-0.25, -0.2) is 0 Å². The molecule has 0 spiro atoms. The maximum atomic E-state index is 12.7. The van der Waals surface area contributed by atoms with Gasteiger partial charge < -0.3 is 10.1 Å². The average molecular weight is 390 g/mol. The van der Waals surface area contributed by atoms with Crippen LogP contribution in [0.25, 0.3) is 0 Å². The van der Waals surface area contributed by atoms with Crippen molar-refractivity contribution in [2.75, 3.05) is 32.8 Å². The van der Waals surface area contributed by atoms with E-state index in [-0.39, 0.29) is 11.9 Å². The molecule has 6 nitrogen and oxygen atoms in total. The highest BCUT2D eigenvalue weighted by Crippen LogP contribution is 2.21. The number of ether oxygens (including phenoxy) is 1. The molecule has 0 aliphatic carbocycles. The smallest absolute Gasteiger partial charge is 0.251 e. The van der Waals surface area contributed by atoms with Crippen LogP contribution < -0.4 is 5.32 Å². The Kier molecular flexibility index (Phi) is 6.34. The zero-order valence-electron chi connectivity index (χ0n) is 16.4. The molecular weight excluding hydrogens is 364 g/mol. The first-order valence-electron chi connectivity index (χ1n) is 10.0. The molecular formula is C23H26N4O2. The molecule has 3 aromatic rings. The Bertz CT molecular complexity index is 888. The maximum absolute atomic E-state index is 12.7. The summed E-state index contributed by atoms with van der Waals surface area (Å²) in [6, 6.07) is 20.1. The van der Waals surface area contributed by atoms with E-state index >= 15 is 0 Å². The largest absolute Gasteiger partial charge is 0.379 e. The van der Waals surface area contributed by atoms with Crippen molar-refractivity contribution in [1.82, 2.24) is 20.0 Å².